The zero-order chi connectivity index (χ0) is 12.6. The fraction of sp³-hybridized carbons (Fsp3) is 0.786. The third-order valence-electron chi connectivity index (χ3n) is 2.96. The van der Waals surface area contributed by atoms with Crippen molar-refractivity contribution in [2.24, 2.45) is 5.41 Å². The van der Waals surface area contributed by atoms with Crippen LogP contribution in [0.5, 0.6) is 0 Å². The molecular formula is C14H26O2. The summed E-state index contributed by atoms with van der Waals surface area (Å²) in [6.07, 6.45) is 8.88. The van der Waals surface area contributed by atoms with E-state index >= 15 is 0 Å². The van der Waals surface area contributed by atoms with Crippen LogP contribution in [0.15, 0.2) is 11.6 Å². The van der Waals surface area contributed by atoms with Crippen molar-refractivity contribution in [3.63, 3.8) is 0 Å². The average Bonchev–Trinajstić information content (AvgIpc) is 2.21. The lowest BCUT2D eigenvalue weighted by Crippen LogP contribution is -2.22. The molecule has 2 heteroatoms. The first-order valence-electron chi connectivity index (χ1n) is 6.29. The summed E-state index contributed by atoms with van der Waals surface area (Å²) in [4.78, 5) is 10.9. The maximum atomic E-state index is 10.9. The van der Waals surface area contributed by atoms with E-state index in [9.17, 15) is 4.79 Å². The van der Waals surface area contributed by atoms with Crippen LogP contribution in [0.2, 0.25) is 0 Å². The van der Waals surface area contributed by atoms with Gasteiger partial charge in [-0.15, -0.1) is 0 Å². The van der Waals surface area contributed by atoms with E-state index in [2.05, 4.69) is 19.9 Å². The molecule has 0 amide bonds. The number of hydrogen-bond donors (Lipinski definition) is 1. The molecule has 0 radical (unpaired) electrons. The Hall–Kier alpha value is -0.790. The van der Waals surface area contributed by atoms with Crippen molar-refractivity contribution in [2.45, 2.75) is 66.2 Å². The molecule has 0 aliphatic carbocycles. The first-order chi connectivity index (χ1) is 7.40. The van der Waals surface area contributed by atoms with E-state index < -0.39 is 11.4 Å². The lowest BCUT2D eigenvalue weighted by Gasteiger charge is -2.16. The van der Waals surface area contributed by atoms with E-state index in [-0.39, 0.29) is 0 Å². The Balaban J connectivity index is 3.90. The molecule has 0 fully saturated rings. The molecule has 1 N–H and O–H groups in total. The van der Waals surface area contributed by atoms with Crippen LogP contribution in [-0.4, -0.2) is 11.1 Å². The average molecular weight is 226 g/mol. The molecule has 0 unspecified atom stereocenters. The summed E-state index contributed by atoms with van der Waals surface area (Å²) >= 11 is 0. The monoisotopic (exact) mass is 226 g/mol. The standard InChI is InChI=1S/C14H26O2/c1-5-6-7-8-9-12(2)10-11-14(3,4)13(15)16/h10H,5-9,11H2,1-4H3,(H,15,16)/b12-10+. The van der Waals surface area contributed by atoms with E-state index in [0.29, 0.717) is 6.42 Å². The Labute approximate surface area is 99.7 Å². The van der Waals surface area contributed by atoms with Gasteiger partial charge in [-0.2, -0.15) is 0 Å². The van der Waals surface area contributed by atoms with Gasteiger partial charge in [-0.05, 0) is 40.0 Å². The molecule has 2 nitrogen and oxygen atoms in total. The molecule has 0 saturated heterocycles. The lowest BCUT2D eigenvalue weighted by atomic mass is 9.88. The number of carboxylic acids is 1. The molecule has 0 atom stereocenters. The summed E-state index contributed by atoms with van der Waals surface area (Å²) in [5, 5.41) is 8.97. The SMILES string of the molecule is CCCCCC/C(C)=C/CC(C)(C)C(=O)O. The molecule has 0 bridgehead atoms. The first-order valence-corrected chi connectivity index (χ1v) is 6.29. The zero-order valence-corrected chi connectivity index (χ0v) is 11.2. The second-order valence-electron chi connectivity index (χ2n) is 5.25. The lowest BCUT2D eigenvalue weighted by molar-refractivity contribution is -0.146. The van der Waals surface area contributed by atoms with Crippen molar-refractivity contribution in [1.29, 1.82) is 0 Å². The quantitative estimate of drug-likeness (QED) is 0.492. The number of hydrogen-bond acceptors (Lipinski definition) is 1. The maximum absolute atomic E-state index is 10.9. The van der Waals surface area contributed by atoms with Crippen LogP contribution in [0.1, 0.15) is 66.2 Å². The minimum absolute atomic E-state index is 0.627. The highest BCUT2D eigenvalue weighted by molar-refractivity contribution is 5.73. The molecular weight excluding hydrogens is 200 g/mol. The van der Waals surface area contributed by atoms with E-state index in [1.807, 2.05) is 0 Å². The highest BCUT2D eigenvalue weighted by Crippen LogP contribution is 2.22. The van der Waals surface area contributed by atoms with Crippen molar-refractivity contribution in [3.05, 3.63) is 11.6 Å². The molecule has 0 aliphatic rings. The van der Waals surface area contributed by atoms with Crippen LogP contribution >= 0.6 is 0 Å². The van der Waals surface area contributed by atoms with E-state index in [4.69, 9.17) is 5.11 Å². The Morgan fingerprint density at radius 3 is 2.38 bits per heavy atom. The van der Waals surface area contributed by atoms with Gasteiger partial charge >= 0.3 is 5.97 Å². The van der Waals surface area contributed by atoms with Crippen LogP contribution in [0, 0.1) is 5.41 Å². The maximum Gasteiger partial charge on any atom is 0.309 e. The summed E-state index contributed by atoms with van der Waals surface area (Å²) in [5.41, 5.74) is 0.690. The van der Waals surface area contributed by atoms with Crippen molar-refractivity contribution in [1.82, 2.24) is 0 Å². The van der Waals surface area contributed by atoms with Gasteiger partial charge in [0, 0.05) is 0 Å². The molecule has 0 rings (SSSR count). The van der Waals surface area contributed by atoms with Crippen molar-refractivity contribution < 1.29 is 9.90 Å². The van der Waals surface area contributed by atoms with Gasteiger partial charge < -0.3 is 5.11 Å². The molecule has 0 aromatic rings. The Kier molecular flexibility index (Phi) is 7.11. The van der Waals surface area contributed by atoms with Gasteiger partial charge in [-0.3, -0.25) is 4.79 Å². The molecule has 0 spiro atoms. The predicted molar refractivity (Wildman–Crippen MR) is 68.5 cm³/mol. The largest absolute Gasteiger partial charge is 0.481 e. The normalized spacial score (nSPS) is 12.9. The highest BCUT2D eigenvalue weighted by atomic mass is 16.4. The molecule has 0 aromatic carbocycles. The van der Waals surface area contributed by atoms with Crippen molar-refractivity contribution >= 4 is 5.97 Å². The Morgan fingerprint density at radius 1 is 1.25 bits per heavy atom. The van der Waals surface area contributed by atoms with E-state index in [1.54, 1.807) is 13.8 Å². The smallest absolute Gasteiger partial charge is 0.309 e. The Bertz CT molecular complexity index is 239. The highest BCUT2D eigenvalue weighted by Gasteiger charge is 2.25. The van der Waals surface area contributed by atoms with Crippen LogP contribution in [0.25, 0.3) is 0 Å². The topological polar surface area (TPSA) is 37.3 Å². The van der Waals surface area contributed by atoms with E-state index in [1.165, 1.54) is 31.3 Å². The van der Waals surface area contributed by atoms with Gasteiger partial charge in [0.25, 0.3) is 0 Å². The fourth-order valence-corrected chi connectivity index (χ4v) is 1.45. The number of rotatable bonds is 8. The molecule has 0 aliphatic heterocycles. The van der Waals surface area contributed by atoms with Gasteiger partial charge in [-0.25, -0.2) is 0 Å². The van der Waals surface area contributed by atoms with Gasteiger partial charge in [0.15, 0.2) is 0 Å². The second kappa shape index (κ2) is 7.48. The van der Waals surface area contributed by atoms with Gasteiger partial charge in [-0.1, -0.05) is 37.8 Å². The van der Waals surface area contributed by atoms with Crippen LogP contribution in [0.4, 0.5) is 0 Å². The number of carboxylic acid groups (broad SMARTS) is 1. The first kappa shape index (κ1) is 15.2. The van der Waals surface area contributed by atoms with Crippen LogP contribution in [0.3, 0.4) is 0 Å². The third-order valence-corrected chi connectivity index (χ3v) is 2.96. The summed E-state index contributed by atoms with van der Waals surface area (Å²) in [6.45, 7) is 7.86. The van der Waals surface area contributed by atoms with E-state index in [0.717, 1.165) is 6.42 Å². The number of carbonyl (C=O) groups is 1. The molecule has 94 valence electrons. The minimum atomic E-state index is -0.720. The Morgan fingerprint density at radius 2 is 1.88 bits per heavy atom. The summed E-state index contributed by atoms with van der Waals surface area (Å²) in [6, 6.07) is 0. The molecule has 0 heterocycles. The molecule has 0 aromatic heterocycles. The zero-order valence-electron chi connectivity index (χ0n) is 11.2. The molecule has 16 heavy (non-hydrogen) atoms. The third kappa shape index (κ3) is 6.65. The predicted octanol–water partition coefficient (Wildman–Crippen LogP) is 4.40. The number of unbranched alkanes of at least 4 members (excludes halogenated alkanes) is 3. The van der Waals surface area contributed by atoms with Crippen molar-refractivity contribution in [3.8, 4) is 0 Å². The number of aliphatic carboxylic acids is 1. The summed E-state index contributed by atoms with van der Waals surface area (Å²) < 4.78 is 0. The second-order valence-corrected chi connectivity index (χ2v) is 5.25. The van der Waals surface area contributed by atoms with Gasteiger partial charge in [0.2, 0.25) is 0 Å². The molecule has 0 saturated carbocycles. The van der Waals surface area contributed by atoms with Crippen molar-refractivity contribution in [2.75, 3.05) is 0 Å². The number of allylic oxidation sites excluding steroid dienone is 2. The fourth-order valence-electron chi connectivity index (χ4n) is 1.45. The van der Waals surface area contributed by atoms with Gasteiger partial charge in [0.05, 0.1) is 5.41 Å². The summed E-state index contributed by atoms with van der Waals surface area (Å²) in [7, 11) is 0. The van der Waals surface area contributed by atoms with Crippen LogP contribution in [-0.2, 0) is 4.79 Å². The summed E-state index contributed by atoms with van der Waals surface area (Å²) in [5.74, 6) is -0.720. The van der Waals surface area contributed by atoms with Gasteiger partial charge in [0.1, 0.15) is 0 Å². The van der Waals surface area contributed by atoms with Crippen LogP contribution < -0.4 is 0 Å². The minimum Gasteiger partial charge on any atom is -0.481 e.